The topological polar surface area (TPSA) is 34.1 Å². The first kappa shape index (κ1) is 27.3. The van der Waals surface area contributed by atoms with E-state index in [-0.39, 0.29) is 11.6 Å². The molecule has 2 aromatic rings. The van der Waals surface area contributed by atoms with Crippen molar-refractivity contribution in [2.24, 2.45) is 0 Å². The molecule has 2 nitrogen and oxygen atoms in total. The van der Waals surface area contributed by atoms with Crippen molar-refractivity contribution in [2.45, 2.75) is 80.1 Å². The second-order valence-corrected chi connectivity index (χ2v) is 10.3. The second-order valence-electron chi connectivity index (χ2n) is 10.3. The molecule has 3 rings (SSSR count). The standard InChI is InChI=1S/C34H40O2/c1-23(13-10-15-25(3)22-29-17-11-16-26(4)27(29)5)12-9-14-24(2)20-21-30-28(6)33(35)31-18-7-8-19-32(31)34(30)36/h7-8,11-12,15-20H,9-10,13-14,21-22H2,1-6H3/b23-12+,24-20+,25-15+. The molecule has 0 fully saturated rings. The summed E-state index contributed by atoms with van der Waals surface area (Å²) in [5.74, 6) is -0.0356. The number of hydrogen-bond donors (Lipinski definition) is 0. The van der Waals surface area contributed by atoms with Crippen LogP contribution in [-0.4, -0.2) is 11.6 Å². The fraction of sp³-hybridized carbons (Fsp3) is 0.353. The summed E-state index contributed by atoms with van der Waals surface area (Å²) in [7, 11) is 0. The van der Waals surface area contributed by atoms with Gasteiger partial charge in [0.1, 0.15) is 0 Å². The molecule has 1 aliphatic carbocycles. The lowest BCUT2D eigenvalue weighted by Gasteiger charge is -2.18. The van der Waals surface area contributed by atoms with E-state index in [1.807, 2.05) is 12.1 Å². The minimum atomic E-state index is -0.0249. The number of Topliss-reactive ketones (excluding diaryl/α,β-unsaturated/α-hetero) is 2. The zero-order chi connectivity index (χ0) is 26.2. The van der Waals surface area contributed by atoms with Crippen LogP contribution in [0.5, 0.6) is 0 Å². The lowest BCUT2D eigenvalue weighted by Crippen LogP contribution is -2.20. The second kappa shape index (κ2) is 12.6. The summed E-state index contributed by atoms with van der Waals surface area (Å²) in [6.07, 6.45) is 12.5. The van der Waals surface area contributed by atoms with Crippen LogP contribution in [-0.2, 0) is 6.42 Å². The summed E-state index contributed by atoms with van der Waals surface area (Å²) in [4.78, 5) is 25.6. The van der Waals surface area contributed by atoms with Gasteiger partial charge in [0.2, 0.25) is 0 Å². The number of allylic oxidation sites excluding steroid dienone is 8. The predicted molar refractivity (Wildman–Crippen MR) is 152 cm³/mol. The van der Waals surface area contributed by atoms with Gasteiger partial charge in [0.25, 0.3) is 0 Å². The highest BCUT2D eigenvalue weighted by Gasteiger charge is 2.28. The molecule has 0 aliphatic heterocycles. The molecule has 0 saturated carbocycles. The molecule has 0 spiro atoms. The Hall–Kier alpha value is -3.26. The monoisotopic (exact) mass is 480 g/mol. The smallest absolute Gasteiger partial charge is 0.190 e. The maximum absolute atomic E-state index is 12.9. The molecule has 36 heavy (non-hydrogen) atoms. The lowest BCUT2D eigenvalue weighted by molar-refractivity contribution is 0.0973. The van der Waals surface area contributed by atoms with E-state index in [0.717, 1.165) is 32.1 Å². The highest BCUT2D eigenvalue weighted by Crippen LogP contribution is 2.28. The summed E-state index contributed by atoms with van der Waals surface area (Å²) in [5.41, 5.74) is 10.6. The molecule has 2 aromatic carbocycles. The predicted octanol–water partition coefficient (Wildman–Crippen LogP) is 9.03. The van der Waals surface area contributed by atoms with E-state index in [1.54, 1.807) is 19.1 Å². The summed E-state index contributed by atoms with van der Waals surface area (Å²) < 4.78 is 0. The maximum Gasteiger partial charge on any atom is 0.190 e. The van der Waals surface area contributed by atoms with Gasteiger partial charge in [0.15, 0.2) is 11.6 Å². The SMILES string of the molecule is CC1=C(C/C=C(\C)CC/C=C(\C)CC/C=C(\C)Cc2cccc(C)c2C)C(=O)c2ccccc2C1=O. The molecule has 188 valence electrons. The molecule has 0 atom stereocenters. The zero-order valence-electron chi connectivity index (χ0n) is 22.8. The van der Waals surface area contributed by atoms with Gasteiger partial charge in [-0.1, -0.05) is 77.4 Å². The van der Waals surface area contributed by atoms with E-state index < -0.39 is 0 Å². The van der Waals surface area contributed by atoms with E-state index in [1.165, 1.54) is 33.4 Å². The molecule has 0 heterocycles. The number of benzene rings is 2. The molecule has 0 amide bonds. The highest BCUT2D eigenvalue weighted by molar-refractivity contribution is 6.26. The fourth-order valence-electron chi connectivity index (χ4n) is 4.75. The van der Waals surface area contributed by atoms with E-state index >= 15 is 0 Å². The zero-order valence-corrected chi connectivity index (χ0v) is 22.8. The Kier molecular flexibility index (Phi) is 9.58. The molecule has 0 aromatic heterocycles. The van der Waals surface area contributed by atoms with Crippen LogP contribution >= 0.6 is 0 Å². The number of aryl methyl sites for hydroxylation is 1. The molecule has 1 aliphatic rings. The number of ketones is 2. The summed E-state index contributed by atoms with van der Waals surface area (Å²) in [5, 5.41) is 0. The van der Waals surface area contributed by atoms with Gasteiger partial charge in [-0.05, 0) is 96.8 Å². The quantitative estimate of drug-likeness (QED) is 0.318. The molecule has 2 heteroatoms. The van der Waals surface area contributed by atoms with E-state index in [9.17, 15) is 9.59 Å². The summed E-state index contributed by atoms with van der Waals surface area (Å²) in [6, 6.07) is 13.7. The van der Waals surface area contributed by atoms with E-state index in [0.29, 0.717) is 28.7 Å². The van der Waals surface area contributed by atoms with Crippen molar-refractivity contribution in [3.63, 3.8) is 0 Å². The Morgan fingerprint density at radius 2 is 1.28 bits per heavy atom. The fourth-order valence-corrected chi connectivity index (χ4v) is 4.75. The van der Waals surface area contributed by atoms with Crippen LogP contribution < -0.4 is 0 Å². The van der Waals surface area contributed by atoms with Crippen molar-refractivity contribution in [3.05, 3.63) is 116 Å². The third-order valence-electron chi connectivity index (χ3n) is 7.39. The maximum atomic E-state index is 12.9. The van der Waals surface area contributed by atoms with Crippen LogP contribution in [0.1, 0.15) is 97.2 Å². The number of carbonyl (C=O) groups is 2. The third-order valence-corrected chi connectivity index (χ3v) is 7.39. The Balaban J connectivity index is 1.48. The normalized spacial score (nSPS) is 15.0. The molecule has 0 N–H and O–H groups in total. The number of rotatable bonds is 10. The largest absolute Gasteiger partial charge is 0.289 e. The van der Waals surface area contributed by atoms with Gasteiger partial charge >= 0.3 is 0 Å². The van der Waals surface area contributed by atoms with Gasteiger partial charge < -0.3 is 0 Å². The van der Waals surface area contributed by atoms with Gasteiger partial charge in [0, 0.05) is 22.3 Å². The Morgan fingerprint density at radius 1 is 0.694 bits per heavy atom. The van der Waals surface area contributed by atoms with Crippen molar-refractivity contribution >= 4 is 11.6 Å². The van der Waals surface area contributed by atoms with Crippen LogP contribution in [0.3, 0.4) is 0 Å². The minimum Gasteiger partial charge on any atom is -0.289 e. The molecular weight excluding hydrogens is 440 g/mol. The highest BCUT2D eigenvalue weighted by atomic mass is 16.1. The first-order valence-corrected chi connectivity index (χ1v) is 13.1. The Morgan fingerprint density at radius 3 is 1.94 bits per heavy atom. The van der Waals surface area contributed by atoms with Crippen LogP contribution in [0.2, 0.25) is 0 Å². The molecular formula is C34H40O2. The van der Waals surface area contributed by atoms with Crippen molar-refractivity contribution in [2.75, 3.05) is 0 Å². The van der Waals surface area contributed by atoms with Crippen LogP contribution in [0.4, 0.5) is 0 Å². The van der Waals surface area contributed by atoms with Gasteiger partial charge in [-0.2, -0.15) is 0 Å². The molecule has 0 saturated heterocycles. The van der Waals surface area contributed by atoms with E-state index in [2.05, 4.69) is 71.0 Å². The van der Waals surface area contributed by atoms with Gasteiger partial charge in [-0.3, -0.25) is 9.59 Å². The minimum absolute atomic E-state index is 0.0107. The van der Waals surface area contributed by atoms with Gasteiger partial charge in [-0.15, -0.1) is 0 Å². The van der Waals surface area contributed by atoms with Crippen molar-refractivity contribution in [1.82, 2.24) is 0 Å². The van der Waals surface area contributed by atoms with Crippen LogP contribution in [0, 0.1) is 13.8 Å². The molecule has 0 bridgehead atoms. The average Bonchev–Trinajstić information content (AvgIpc) is 2.85. The van der Waals surface area contributed by atoms with E-state index in [4.69, 9.17) is 0 Å². The number of carbonyl (C=O) groups excluding carboxylic acids is 2. The average molecular weight is 481 g/mol. The summed E-state index contributed by atoms with van der Waals surface area (Å²) in [6.45, 7) is 12.7. The van der Waals surface area contributed by atoms with Crippen molar-refractivity contribution in [3.8, 4) is 0 Å². The van der Waals surface area contributed by atoms with Gasteiger partial charge in [0.05, 0.1) is 0 Å². The Labute approximate surface area is 217 Å². The van der Waals surface area contributed by atoms with Crippen LogP contribution in [0.15, 0.2) is 88.6 Å². The Bertz CT molecular complexity index is 1260. The van der Waals surface area contributed by atoms with Gasteiger partial charge in [-0.25, -0.2) is 0 Å². The van der Waals surface area contributed by atoms with Crippen LogP contribution in [0.25, 0.3) is 0 Å². The number of hydrogen-bond acceptors (Lipinski definition) is 2. The first-order valence-electron chi connectivity index (χ1n) is 13.1. The summed E-state index contributed by atoms with van der Waals surface area (Å²) >= 11 is 0. The van der Waals surface area contributed by atoms with Crippen molar-refractivity contribution < 1.29 is 9.59 Å². The molecule has 0 radical (unpaired) electrons. The number of fused-ring (bicyclic) bond motifs is 1. The lowest BCUT2D eigenvalue weighted by atomic mass is 9.83. The first-order chi connectivity index (χ1) is 17.2. The third kappa shape index (κ3) is 6.91. The van der Waals surface area contributed by atoms with Crippen molar-refractivity contribution in [1.29, 1.82) is 0 Å². The molecule has 0 unspecified atom stereocenters.